The van der Waals surface area contributed by atoms with E-state index in [9.17, 15) is 14.7 Å². The first-order valence-corrected chi connectivity index (χ1v) is 8.58. The van der Waals surface area contributed by atoms with Gasteiger partial charge in [0.1, 0.15) is 0 Å². The van der Waals surface area contributed by atoms with Crippen LogP contribution in [0.25, 0.3) is 0 Å². The lowest BCUT2D eigenvalue weighted by atomic mass is 10.1. The van der Waals surface area contributed by atoms with Gasteiger partial charge in [-0.25, -0.2) is 9.78 Å². The van der Waals surface area contributed by atoms with Gasteiger partial charge < -0.3 is 14.7 Å². The smallest absolute Gasteiger partial charge is 0.328 e. The summed E-state index contributed by atoms with van der Waals surface area (Å²) in [5, 5.41) is 12.0. The number of aromatic nitrogens is 1. The largest absolute Gasteiger partial charge is 0.480 e. The lowest BCUT2D eigenvalue weighted by Crippen LogP contribution is -2.53. The minimum Gasteiger partial charge on any atom is -0.480 e. The molecular weight excluding hydrogens is 328 g/mol. The summed E-state index contributed by atoms with van der Waals surface area (Å²) in [6, 6.07) is 9.11. The summed E-state index contributed by atoms with van der Waals surface area (Å²) in [7, 11) is 0. The predicted molar refractivity (Wildman–Crippen MR) is 89.0 cm³/mol. The van der Waals surface area contributed by atoms with E-state index in [-0.39, 0.29) is 18.9 Å². The highest BCUT2D eigenvalue weighted by Gasteiger charge is 2.32. The molecular formula is C17H18N2O4S. The fourth-order valence-electron chi connectivity index (χ4n) is 2.65. The van der Waals surface area contributed by atoms with Crippen LogP contribution in [0.4, 0.5) is 0 Å². The van der Waals surface area contributed by atoms with Gasteiger partial charge in [0.05, 0.1) is 30.3 Å². The molecule has 1 aromatic carbocycles. The Balaban J connectivity index is 1.63. The number of nitrogens with zero attached hydrogens (tertiary/aromatic N) is 2. The molecule has 1 aliphatic heterocycles. The van der Waals surface area contributed by atoms with Crippen LogP contribution in [0, 0.1) is 0 Å². The van der Waals surface area contributed by atoms with Gasteiger partial charge in [-0.15, -0.1) is 11.3 Å². The number of hydrogen-bond donors (Lipinski definition) is 1. The van der Waals surface area contributed by atoms with E-state index in [0.29, 0.717) is 18.8 Å². The molecule has 24 heavy (non-hydrogen) atoms. The first-order valence-electron chi connectivity index (χ1n) is 7.70. The zero-order valence-electron chi connectivity index (χ0n) is 13.1. The molecule has 0 unspecified atom stereocenters. The van der Waals surface area contributed by atoms with Crippen molar-refractivity contribution in [3.05, 3.63) is 52.0 Å². The number of carboxylic acids is 1. The molecule has 7 heteroatoms. The molecule has 1 amide bonds. The molecule has 6 nitrogen and oxygen atoms in total. The molecule has 126 valence electrons. The predicted octanol–water partition coefficient (Wildman–Crippen LogP) is 1.59. The van der Waals surface area contributed by atoms with Crippen LogP contribution in [0.5, 0.6) is 0 Å². The van der Waals surface area contributed by atoms with Crippen molar-refractivity contribution >= 4 is 23.2 Å². The van der Waals surface area contributed by atoms with Crippen molar-refractivity contribution in [2.45, 2.75) is 18.9 Å². The van der Waals surface area contributed by atoms with E-state index in [1.807, 2.05) is 35.7 Å². The van der Waals surface area contributed by atoms with Crippen LogP contribution < -0.4 is 0 Å². The van der Waals surface area contributed by atoms with E-state index in [1.54, 1.807) is 0 Å². The Morgan fingerprint density at radius 3 is 2.88 bits per heavy atom. The minimum atomic E-state index is -1.04. The molecule has 0 bridgehead atoms. The van der Waals surface area contributed by atoms with Crippen LogP contribution in [0.15, 0.2) is 35.7 Å². The molecule has 2 aromatic rings. The van der Waals surface area contributed by atoms with Gasteiger partial charge in [0, 0.05) is 18.3 Å². The molecule has 1 saturated heterocycles. The summed E-state index contributed by atoms with van der Waals surface area (Å²) in [5.41, 5.74) is 1.86. The third kappa shape index (κ3) is 3.98. The Hall–Kier alpha value is -2.25. The number of ether oxygens (including phenoxy) is 1. The molecule has 1 aliphatic rings. The molecule has 3 rings (SSSR count). The van der Waals surface area contributed by atoms with Crippen LogP contribution in [0.2, 0.25) is 0 Å². The molecule has 1 N–H and O–H groups in total. The van der Waals surface area contributed by atoms with Gasteiger partial charge in [0.2, 0.25) is 5.91 Å². The zero-order valence-corrected chi connectivity index (χ0v) is 13.9. The van der Waals surface area contributed by atoms with Crippen molar-refractivity contribution in [3.63, 3.8) is 0 Å². The van der Waals surface area contributed by atoms with E-state index in [0.717, 1.165) is 11.4 Å². The number of rotatable bonds is 5. The second-order valence-corrected chi connectivity index (χ2v) is 6.53. The van der Waals surface area contributed by atoms with Crippen molar-refractivity contribution in [3.8, 4) is 0 Å². The Morgan fingerprint density at radius 2 is 2.12 bits per heavy atom. The summed E-state index contributed by atoms with van der Waals surface area (Å²) in [6.45, 7) is 0.708. The Morgan fingerprint density at radius 1 is 1.33 bits per heavy atom. The second kappa shape index (κ2) is 7.55. The highest BCUT2D eigenvalue weighted by atomic mass is 32.1. The molecule has 0 spiro atoms. The number of carboxylic acid groups (broad SMARTS) is 1. The van der Waals surface area contributed by atoms with Crippen LogP contribution in [0.3, 0.4) is 0 Å². The van der Waals surface area contributed by atoms with E-state index < -0.39 is 12.0 Å². The Kier molecular flexibility index (Phi) is 5.22. The van der Waals surface area contributed by atoms with Crippen LogP contribution in [0.1, 0.15) is 16.3 Å². The fourth-order valence-corrected chi connectivity index (χ4v) is 3.47. The van der Waals surface area contributed by atoms with Crippen molar-refractivity contribution in [2.24, 2.45) is 0 Å². The molecule has 0 radical (unpaired) electrons. The lowest BCUT2D eigenvalue weighted by Gasteiger charge is -2.32. The van der Waals surface area contributed by atoms with Gasteiger partial charge in [0.25, 0.3) is 0 Å². The van der Waals surface area contributed by atoms with Crippen LogP contribution in [-0.4, -0.2) is 52.7 Å². The maximum absolute atomic E-state index is 12.4. The first-order chi connectivity index (χ1) is 11.6. The molecule has 1 aromatic heterocycles. The number of morpholine rings is 1. The second-order valence-electron chi connectivity index (χ2n) is 5.59. The minimum absolute atomic E-state index is 0.0391. The first kappa shape index (κ1) is 16.6. The summed E-state index contributed by atoms with van der Waals surface area (Å²) < 4.78 is 5.16. The maximum atomic E-state index is 12.4. The molecule has 0 aliphatic carbocycles. The van der Waals surface area contributed by atoms with Crippen molar-refractivity contribution in [1.29, 1.82) is 0 Å². The summed E-state index contributed by atoms with van der Waals surface area (Å²) in [6.07, 6.45) is 0.851. The topological polar surface area (TPSA) is 79.7 Å². The summed E-state index contributed by atoms with van der Waals surface area (Å²) in [4.78, 5) is 29.5. The number of carbonyl (C=O) groups is 2. The van der Waals surface area contributed by atoms with Crippen molar-refractivity contribution in [2.75, 3.05) is 19.8 Å². The SMILES string of the molecule is O=C(O)[C@@H]1COCCN1C(=O)Cc1csc(Cc2ccccc2)n1. The number of carbonyl (C=O) groups excluding carboxylic acids is 1. The highest BCUT2D eigenvalue weighted by Crippen LogP contribution is 2.17. The molecule has 1 fully saturated rings. The van der Waals surface area contributed by atoms with E-state index in [2.05, 4.69) is 4.98 Å². The van der Waals surface area contributed by atoms with Gasteiger partial charge in [-0.1, -0.05) is 30.3 Å². The quantitative estimate of drug-likeness (QED) is 0.889. The van der Waals surface area contributed by atoms with Gasteiger partial charge in [0.15, 0.2) is 6.04 Å². The third-order valence-electron chi connectivity index (χ3n) is 3.86. The number of thiazole rings is 1. The molecule has 2 heterocycles. The van der Waals surface area contributed by atoms with Crippen molar-refractivity contribution < 1.29 is 19.4 Å². The molecule has 0 saturated carbocycles. The maximum Gasteiger partial charge on any atom is 0.328 e. The van der Waals surface area contributed by atoms with Gasteiger partial charge >= 0.3 is 5.97 Å². The average Bonchev–Trinajstić information content (AvgIpc) is 3.02. The van der Waals surface area contributed by atoms with E-state index >= 15 is 0 Å². The Labute approximate surface area is 143 Å². The van der Waals surface area contributed by atoms with Gasteiger partial charge in [-0.05, 0) is 5.56 Å². The Bertz CT molecular complexity index is 716. The normalized spacial score (nSPS) is 17.7. The fraction of sp³-hybridized carbons (Fsp3) is 0.353. The van der Waals surface area contributed by atoms with E-state index in [1.165, 1.54) is 21.8 Å². The van der Waals surface area contributed by atoms with E-state index in [4.69, 9.17) is 4.74 Å². The number of benzene rings is 1. The average molecular weight is 346 g/mol. The summed E-state index contributed by atoms with van der Waals surface area (Å²) >= 11 is 1.52. The van der Waals surface area contributed by atoms with Gasteiger partial charge in [-0.3, -0.25) is 4.79 Å². The van der Waals surface area contributed by atoms with Gasteiger partial charge in [-0.2, -0.15) is 0 Å². The van der Waals surface area contributed by atoms with Crippen molar-refractivity contribution in [1.82, 2.24) is 9.88 Å². The number of aliphatic carboxylic acids is 1. The number of hydrogen-bond acceptors (Lipinski definition) is 5. The molecule has 1 atom stereocenters. The van der Waals surface area contributed by atoms with Crippen LogP contribution >= 0.6 is 11.3 Å². The lowest BCUT2D eigenvalue weighted by molar-refractivity contribution is -0.158. The van der Waals surface area contributed by atoms with Crippen LogP contribution in [-0.2, 0) is 27.2 Å². The monoisotopic (exact) mass is 346 g/mol. The zero-order chi connectivity index (χ0) is 16.9. The third-order valence-corrected chi connectivity index (χ3v) is 4.76. The highest BCUT2D eigenvalue weighted by molar-refractivity contribution is 7.09. The summed E-state index contributed by atoms with van der Waals surface area (Å²) in [5.74, 6) is -1.26. The standard InChI is InChI=1S/C17H18N2O4S/c20-16(19-6-7-23-10-14(19)17(21)22)9-13-11-24-15(18-13)8-12-4-2-1-3-5-12/h1-5,11,14H,6-10H2,(H,21,22)/t14-/m0/s1. The number of amides is 1.